The standard InChI is InChI=1S/C9H7F3N2O3S.C2H6/c10-7-2-1-6(14(15)16)3-8(7)18(17)13-4-9(11,12)5-13;1-2/h1-3H,4-5H2;1-2H3. The molecule has 0 bridgehead atoms. The van der Waals surface area contributed by atoms with E-state index >= 15 is 0 Å². The molecule has 5 nitrogen and oxygen atoms in total. The fraction of sp³-hybridized carbons (Fsp3) is 0.455. The fourth-order valence-electron chi connectivity index (χ4n) is 1.47. The van der Waals surface area contributed by atoms with Gasteiger partial charge in [0.1, 0.15) is 16.8 Å². The van der Waals surface area contributed by atoms with Gasteiger partial charge in [0.05, 0.1) is 22.9 Å². The maximum absolute atomic E-state index is 13.4. The molecule has 1 aromatic rings. The Morgan fingerprint density at radius 1 is 1.35 bits per heavy atom. The summed E-state index contributed by atoms with van der Waals surface area (Å²) in [5.41, 5.74) is -0.438. The van der Waals surface area contributed by atoms with Gasteiger partial charge in [-0.3, -0.25) is 10.1 Å². The number of hydrogen-bond donors (Lipinski definition) is 0. The largest absolute Gasteiger partial charge is 0.275 e. The van der Waals surface area contributed by atoms with Gasteiger partial charge < -0.3 is 0 Å². The normalized spacial score (nSPS) is 18.4. The molecule has 0 N–H and O–H groups in total. The van der Waals surface area contributed by atoms with Crippen LogP contribution < -0.4 is 0 Å². The first kappa shape index (κ1) is 16.6. The topological polar surface area (TPSA) is 63.5 Å². The third-order valence-corrected chi connectivity index (χ3v) is 3.78. The van der Waals surface area contributed by atoms with Crippen molar-refractivity contribution in [1.82, 2.24) is 4.31 Å². The summed E-state index contributed by atoms with van der Waals surface area (Å²) >= 11 is 0. The lowest BCUT2D eigenvalue weighted by atomic mass is 10.2. The molecule has 1 fully saturated rings. The number of nitrogens with zero attached hydrogens (tertiary/aromatic N) is 2. The van der Waals surface area contributed by atoms with Crippen LogP contribution in [0.4, 0.5) is 18.9 Å². The van der Waals surface area contributed by atoms with Crippen molar-refractivity contribution in [3.8, 4) is 0 Å². The van der Waals surface area contributed by atoms with Crippen LogP contribution in [0.1, 0.15) is 13.8 Å². The van der Waals surface area contributed by atoms with Crippen molar-refractivity contribution < 1.29 is 22.3 Å². The van der Waals surface area contributed by atoms with Crippen molar-refractivity contribution in [2.75, 3.05) is 13.1 Å². The molecule has 1 aliphatic rings. The number of halogens is 3. The van der Waals surface area contributed by atoms with Gasteiger partial charge in [0.2, 0.25) is 0 Å². The first-order chi connectivity index (χ1) is 9.30. The van der Waals surface area contributed by atoms with E-state index in [4.69, 9.17) is 0 Å². The van der Waals surface area contributed by atoms with E-state index in [0.29, 0.717) is 0 Å². The van der Waals surface area contributed by atoms with Gasteiger partial charge in [0.15, 0.2) is 0 Å². The monoisotopic (exact) mass is 310 g/mol. The summed E-state index contributed by atoms with van der Waals surface area (Å²) in [6.45, 7) is 2.50. The summed E-state index contributed by atoms with van der Waals surface area (Å²) < 4.78 is 51.2. The summed E-state index contributed by atoms with van der Waals surface area (Å²) in [7, 11) is -2.15. The van der Waals surface area contributed by atoms with Crippen molar-refractivity contribution in [1.29, 1.82) is 0 Å². The van der Waals surface area contributed by atoms with Gasteiger partial charge in [-0.15, -0.1) is 0 Å². The molecule has 1 unspecified atom stereocenters. The van der Waals surface area contributed by atoms with Crippen LogP contribution in [0.5, 0.6) is 0 Å². The van der Waals surface area contributed by atoms with Crippen molar-refractivity contribution in [3.63, 3.8) is 0 Å². The van der Waals surface area contributed by atoms with Crippen LogP contribution in [0.2, 0.25) is 0 Å². The minimum absolute atomic E-state index is 0.438. The average molecular weight is 310 g/mol. The van der Waals surface area contributed by atoms with E-state index < -0.39 is 51.3 Å². The molecule has 112 valence electrons. The smallest absolute Gasteiger partial charge is 0.258 e. The van der Waals surface area contributed by atoms with Gasteiger partial charge in [-0.25, -0.2) is 21.7 Å². The van der Waals surface area contributed by atoms with Crippen molar-refractivity contribution >= 4 is 16.7 Å². The molecule has 2 rings (SSSR count). The summed E-state index contributed by atoms with van der Waals surface area (Å²) in [5, 5.41) is 10.5. The first-order valence-electron chi connectivity index (χ1n) is 5.79. The van der Waals surface area contributed by atoms with E-state index in [1.165, 1.54) is 0 Å². The maximum atomic E-state index is 13.4. The predicted molar refractivity (Wildman–Crippen MR) is 67.3 cm³/mol. The van der Waals surface area contributed by atoms with Gasteiger partial charge in [0, 0.05) is 12.1 Å². The molecule has 0 radical (unpaired) electrons. The zero-order chi connectivity index (χ0) is 15.5. The molecule has 20 heavy (non-hydrogen) atoms. The second-order valence-electron chi connectivity index (χ2n) is 3.77. The molecule has 9 heteroatoms. The van der Waals surface area contributed by atoms with Gasteiger partial charge >= 0.3 is 0 Å². The highest BCUT2D eigenvalue weighted by Gasteiger charge is 2.47. The Balaban J connectivity index is 0.000000956. The number of alkyl halides is 2. The summed E-state index contributed by atoms with van der Waals surface area (Å²) in [6, 6.07) is 2.51. The molecule has 1 atom stereocenters. The zero-order valence-corrected chi connectivity index (χ0v) is 11.6. The summed E-state index contributed by atoms with van der Waals surface area (Å²) in [5.74, 6) is -3.86. The lowest BCUT2D eigenvalue weighted by Crippen LogP contribution is -2.56. The van der Waals surface area contributed by atoms with Crippen LogP contribution in [-0.4, -0.2) is 32.4 Å². The van der Waals surface area contributed by atoms with E-state index in [1.54, 1.807) is 0 Å². The van der Waals surface area contributed by atoms with E-state index in [-0.39, 0.29) is 0 Å². The van der Waals surface area contributed by atoms with E-state index in [1.807, 2.05) is 13.8 Å². The third kappa shape index (κ3) is 3.54. The Morgan fingerprint density at radius 2 is 1.90 bits per heavy atom. The maximum Gasteiger partial charge on any atom is 0.275 e. The van der Waals surface area contributed by atoms with Crippen LogP contribution in [-0.2, 0) is 11.0 Å². The second kappa shape index (κ2) is 6.31. The average Bonchev–Trinajstić information content (AvgIpc) is 2.37. The van der Waals surface area contributed by atoms with E-state index in [9.17, 15) is 27.5 Å². The molecule has 1 aliphatic heterocycles. The van der Waals surface area contributed by atoms with Crippen molar-refractivity contribution in [3.05, 3.63) is 34.1 Å². The highest BCUT2D eigenvalue weighted by molar-refractivity contribution is 7.82. The predicted octanol–water partition coefficient (Wildman–Crippen LogP) is 2.73. The van der Waals surface area contributed by atoms with Crippen LogP contribution in [0.15, 0.2) is 23.1 Å². The van der Waals surface area contributed by atoms with Gasteiger partial charge in [-0.2, -0.15) is 0 Å². The Kier molecular flexibility index (Phi) is 5.23. The molecule has 0 spiro atoms. The van der Waals surface area contributed by atoms with E-state index in [0.717, 1.165) is 22.5 Å². The SMILES string of the molecule is CC.O=[N+]([O-])c1ccc(F)c(S(=O)N2CC(F)(F)C2)c1. The number of rotatable bonds is 3. The van der Waals surface area contributed by atoms with Crippen LogP contribution in [0.3, 0.4) is 0 Å². The molecule has 0 aromatic heterocycles. The Bertz CT molecular complexity index is 532. The van der Waals surface area contributed by atoms with Crippen LogP contribution in [0.25, 0.3) is 0 Å². The van der Waals surface area contributed by atoms with Gasteiger partial charge in [-0.05, 0) is 6.07 Å². The second-order valence-corrected chi connectivity index (χ2v) is 5.23. The first-order valence-corrected chi connectivity index (χ1v) is 6.89. The Labute approximate surface area is 116 Å². The number of non-ortho nitro benzene ring substituents is 1. The Hall–Kier alpha value is -1.48. The number of hydrogen-bond acceptors (Lipinski definition) is 3. The third-order valence-electron chi connectivity index (χ3n) is 2.36. The van der Waals surface area contributed by atoms with Gasteiger partial charge in [0.25, 0.3) is 11.6 Å². The number of benzene rings is 1. The minimum Gasteiger partial charge on any atom is -0.258 e. The van der Waals surface area contributed by atoms with Crippen molar-refractivity contribution in [2.24, 2.45) is 0 Å². The molecule has 1 saturated heterocycles. The number of nitro benzene ring substituents is 1. The molecular weight excluding hydrogens is 297 g/mol. The highest BCUT2D eigenvalue weighted by Crippen LogP contribution is 2.31. The quantitative estimate of drug-likeness (QED) is 0.637. The van der Waals surface area contributed by atoms with Crippen molar-refractivity contribution in [2.45, 2.75) is 24.7 Å². The summed E-state index contributed by atoms with van der Waals surface area (Å²) in [6.07, 6.45) is 0. The zero-order valence-electron chi connectivity index (χ0n) is 10.8. The molecule has 1 heterocycles. The molecule has 0 aliphatic carbocycles. The van der Waals surface area contributed by atoms with E-state index in [2.05, 4.69) is 0 Å². The van der Waals surface area contributed by atoms with Gasteiger partial charge in [-0.1, -0.05) is 13.8 Å². The minimum atomic E-state index is -2.94. The highest BCUT2D eigenvalue weighted by atomic mass is 32.2. The lowest BCUT2D eigenvalue weighted by Gasteiger charge is -2.37. The molecular formula is C11H13F3N2O3S. The van der Waals surface area contributed by atoms with Crippen LogP contribution >= 0.6 is 0 Å². The molecule has 0 amide bonds. The molecule has 1 aromatic carbocycles. The lowest BCUT2D eigenvalue weighted by molar-refractivity contribution is -0.385. The van der Waals surface area contributed by atoms with Crippen LogP contribution in [0, 0.1) is 15.9 Å². The fourth-order valence-corrected chi connectivity index (χ4v) is 2.81. The number of nitro groups is 1. The Morgan fingerprint density at radius 3 is 2.35 bits per heavy atom. The summed E-state index contributed by atoms with van der Waals surface area (Å²) in [4.78, 5) is 9.26. The molecule has 0 saturated carbocycles.